The molecule has 2 rings (SSSR count). The molecule has 0 aromatic carbocycles. The maximum absolute atomic E-state index is 13.5. The summed E-state index contributed by atoms with van der Waals surface area (Å²) in [5.74, 6) is -4.44. The maximum atomic E-state index is 13.5. The Morgan fingerprint density at radius 1 is 1.31 bits per heavy atom. The second kappa shape index (κ2) is 10.2. The van der Waals surface area contributed by atoms with Crippen molar-refractivity contribution in [3.63, 3.8) is 0 Å². The van der Waals surface area contributed by atoms with Crippen LogP contribution >= 0.6 is 11.3 Å². The fraction of sp³-hybridized carbons (Fsp3) is 0.421. The van der Waals surface area contributed by atoms with Crippen LogP contribution in [0.4, 0.5) is 8.78 Å². The highest BCUT2D eigenvalue weighted by Gasteiger charge is 2.29. The van der Waals surface area contributed by atoms with Crippen LogP contribution < -0.4 is 11.1 Å². The largest absolute Gasteiger partial charge is 0.433 e. The van der Waals surface area contributed by atoms with Crippen molar-refractivity contribution >= 4 is 28.9 Å². The van der Waals surface area contributed by atoms with Crippen molar-refractivity contribution in [3.05, 3.63) is 35.5 Å². The van der Waals surface area contributed by atoms with Gasteiger partial charge in [-0.05, 0) is 25.5 Å². The molecule has 0 aliphatic carbocycles. The molecule has 7 nitrogen and oxygen atoms in total. The van der Waals surface area contributed by atoms with E-state index in [1.165, 1.54) is 17.5 Å². The molecule has 1 radical (unpaired) electrons. The van der Waals surface area contributed by atoms with Gasteiger partial charge in [-0.15, -0.1) is 11.3 Å². The highest BCUT2D eigenvalue weighted by Crippen LogP contribution is 2.28. The lowest BCUT2D eigenvalue weighted by Gasteiger charge is -2.14. The number of oxazole rings is 1. The molecule has 0 atom stereocenters. The number of ketones is 1. The van der Waals surface area contributed by atoms with Gasteiger partial charge in [-0.2, -0.15) is 0 Å². The van der Waals surface area contributed by atoms with E-state index in [-0.39, 0.29) is 24.6 Å². The van der Waals surface area contributed by atoms with E-state index in [1.54, 1.807) is 0 Å². The first-order chi connectivity index (χ1) is 13.7. The zero-order valence-electron chi connectivity index (χ0n) is 15.9. The number of carbonyl (C=O) groups is 3. The number of hydrogen-bond donors (Lipinski definition) is 2. The molecule has 0 unspecified atom stereocenters. The van der Waals surface area contributed by atoms with Gasteiger partial charge in [-0.3, -0.25) is 14.4 Å². The molecule has 157 valence electrons. The van der Waals surface area contributed by atoms with Crippen molar-refractivity contribution in [2.24, 2.45) is 5.73 Å². The summed E-state index contributed by atoms with van der Waals surface area (Å²) >= 11 is 1.53. The molecule has 29 heavy (non-hydrogen) atoms. The van der Waals surface area contributed by atoms with Gasteiger partial charge < -0.3 is 15.5 Å². The number of carbonyl (C=O) groups excluding carboxylic acids is 3. The number of aromatic nitrogens is 1. The van der Waals surface area contributed by atoms with Crippen LogP contribution in [-0.4, -0.2) is 35.0 Å². The molecule has 2 heterocycles. The van der Waals surface area contributed by atoms with Crippen LogP contribution in [0.3, 0.4) is 0 Å². The third-order valence-electron chi connectivity index (χ3n) is 3.93. The van der Waals surface area contributed by atoms with Crippen molar-refractivity contribution in [1.82, 2.24) is 10.3 Å². The first-order valence-electron chi connectivity index (χ1n) is 8.99. The molecule has 0 fully saturated rings. The summed E-state index contributed by atoms with van der Waals surface area (Å²) in [6.45, 7) is 2.11. The maximum Gasteiger partial charge on any atom is 0.263 e. The Hall–Kier alpha value is -2.62. The lowest BCUT2D eigenvalue weighted by atomic mass is 10.1. The number of halogens is 2. The van der Waals surface area contributed by atoms with E-state index in [0.717, 1.165) is 16.2 Å². The number of nitrogens with two attached hydrogens (primary N) is 1. The molecule has 2 aromatic heterocycles. The highest BCUT2D eigenvalue weighted by atomic mass is 32.1. The van der Waals surface area contributed by atoms with E-state index in [2.05, 4.69) is 10.3 Å². The van der Waals surface area contributed by atoms with E-state index >= 15 is 0 Å². The van der Waals surface area contributed by atoms with Gasteiger partial charge in [0.1, 0.15) is 0 Å². The number of rotatable bonds is 12. The molecule has 0 saturated carbocycles. The number of amides is 2. The molecule has 0 saturated heterocycles. The van der Waals surface area contributed by atoms with Gasteiger partial charge in [0.15, 0.2) is 5.76 Å². The quantitative estimate of drug-likeness (QED) is 0.399. The first kappa shape index (κ1) is 22.7. The molecule has 0 aliphatic rings. The van der Waals surface area contributed by atoms with Crippen molar-refractivity contribution < 1.29 is 27.6 Å². The fourth-order valence-electron chi connectivity index (χ4n) is 2.37. The Balaban J connectivity index is 1.67. The van der Waals surface area contributed by atoms with E-state index in [4.69, 9.17) is 10.2 Å². The lowest BCUT2D eigenvalue weighted by molar-refractivity contribution is -0.120. The highest BCUT2D eigenvalue weighted by molar-refractivity contribution is 7.15. The predicted octanol–water partition coefficient (Wildman–Crippen LogP) is 3.29. The normalized spacial score (nSPS) is 11.4. The van der Waals surface area contributed by atoms with Crippen molar-refractivity contribution in [1.29, 1.82) is 0 Å². The van der Waals surface area contributed by atoms with Gasteiger partial charge in [0.2, 0.25) is 23.5 Å². The number of alkyl halides is 2. The standard InChI is InChI=1S/C19H22F2N3O4S/c1-12-4-5-15(29-12)14-11-24-18(28-14)13(25)3-2-10-23-17(27)7-9-19(20,21)8-6-16(22)26/h4-5,7,11H,2-3,6,8-10H2,1H3,(H2,22,26)(H,23,27). The van der Waals surface area contributed by atoms with Crippen LogP contribution in [-0.2, 0) is 9.59 Å². The van der Waals surface area contributed by atoms with Crippen molar-refractivity contribution in [2.75, 3.05) is 6.54 Å². The Morgan fingerprint density at radius 3 is 2.72 bits per heavy atom. The molecule has 2 amide bonds. The lowest BCUT2D eigenvalue weighted by Crippen LogP contribution is -2.28. The van der Waals surface area contributed by atoms with Crippen LogP contribution in [0, 0.1) is 13.3 Å². The summed E-state index contributed by atoms with van der Waals surface area (Å²) in [4.78, 5) is 40.2. The summed E-state index contributed by atoms with van der Waals surface area (Å²) in [7, 11) is 0. The average molecular weight is 426 g/mol. The summed E-state index contributed by atoms with van der Waals surface area (Å²) in [5.41, 5.74) is 4.83. The molecule has 10 heteroatoms. The van der Waals surface area contributed by atoms with Crippen LogP contribution in [0.15, 0.2) is 22.7 Å². The SMILES string of the molecule is Cc1ccc(-c2cnc(C(=O)CCCNC(=O)[CH]CC(F)(F)CCC(N)=O)o2)s1. The summed E-state index contributed by atoms with van der Waals surface area (Å²) in [6.07, 6.45) is 0.792. The minimum Gasteiger partial charge on any atom is -0.433 e. The first-order valence-corrected chi connectivity index (χ1v) is 9.81. The molecular formula is C19H22F2N3O4S. The minimum atomic E-state index is -3.17. The Kier molecular flexibility index (Phi) is 8.00. The average Bonchev–Trinajstić information content (AvgIpc) is 3.31. The number of hydrogen-bond acceptors (Lipinski definition) is 6. The number of primary amides is 1. The smallest absolute Gasteiger partial charge is 0.263 e. The van der Waals surface area contributed by atoms with Gasteiger partial charge in [-0.25, -0.2) is 13.8 Å². The van der Waals surface area contributed by atoms with Gasteiger partial charge in [0.25, 0.3) is 5.89 Å². The Bertz CT molecular complexity index is 863. The zero-order valence-corrected chi connectivity index (χ0v) is 16.7. The minimum absolute atomic E-state index is 0.00182. The van der Waals surface area contributed by atoms with Crippen LogP contribution in [0.1, 0.15) is 47.7 Å². The zero-order chi connectivity index (χ0) is 21.4. The van der Waals surface area contributed by atoms with E-state index < -0.39 is 37.0 Å². The second-order valence-electron chi connectivity index (χ2n) is 6.49. The van der Waals surface area contributed by atoms with Crippen LogP contribution in [0.25, 0.3) is 10.6 Å². The number of thiophene rings is 1. The second-order valence-corrected chi connectivity index (χ2v) is 7.78. The van der Waals surface area contributed by atoms with Gasteiger partial charge in [-0.1, -0.05) is 0 Å². The summed E-state index contributed by atoms with van der Waals surface area (Å²) < 4.78 is 32.4. The number of nitrogens with zero attached hydrogens (tertiary/aromatic N) is 1. The van der Waals surface area contributed by atoms with Gasteiger partial charge >= 0.3 is 0 Å². The number of nitrogens with one attached hydrogen (secondary N) is 1. The predicted molar refractivity (Wildman–Crippen MR) is 103 cm³/mol. The third-order valence-corrected chi connectivity index (χ3v) is 4.95. The third kappa shape index (κ3) is 7.72. The number of aryl methyl sites for hydroxylation is 1. The molecule has 0 spiro atoms. The summed E-state index contributed by atoms with van der Waals surface area (Å²) in [5, 5.41) is 2.44. The van der Waals surface area contributed by atoms with E-state index in [1.807, 2.05) is 19.1 Å². The van der Waals surface area contributed by atoms with Crippen molar-refractivity contribution in [3.8, 4) is 10.6 Å². The molecule has 3 N–H and O–H groups in total. The van der Waals surface area contributed by atoms with Crippen LogP contribution in [0.5, 0.6) is 0 Å². The number of Topliss-reactive ketones (excluding diaryl/α,β-unsaturated/α-hetero) is 1. The monoisotopic (exact) mass is 426 g/mol. The Morgan fingerprint density at radius 2 is 2.07 bits per heavy atom. The molecule has 0 aliphatic heterocycles. The summed E-state index contributed by atoms with van der Waals surface area (Å²) in [6, 6.07) is 3.83. The van der Waals surface area contributed by atoms with Gasteiger partial charge in [0, 0.05) is 37.1 Å². The molecule has 2 aromatic rings. The van der Waals surface area contributed by atoms with Crippen LogP contribution in [0.2, 0.25) is 0 Å². The fourth-order valence-corrected chi connectivity index (χ4v) is 3.19. The van der Waals surface area contributed by atoms with Gasteiger partial charge in [0.05, 0.1) is 17.5 Å². The molecule has 0 bridgehead atoms. The van der Waals surface area contributed by atoms with E-state index in [0.29, 0.717) is 12.2 Å². The van der Waals surface area contributed by atoms with Crippen molar-refractivity contribution in [2.45, 2.75) is 45.0 Å². The molecular weight excluding hydrogens is 404 g/mol. The Labute approximate surface area is 170 Å². The van der Waals surface area contributed by atoms with E-state index in [9.17, 15) is 23.2 Å². The topological polar surface area (TPSA) is 115 Å².